The molecule has 1 aliphatic carbocycles. The number of nitriles is 1. The average Bonchev–Trinajstić information content (AvgIpc) is 2.81. The highest BCUT2D eigenvalue weighted by molar-refractivity contribution is 7.99. The van der Waals surface area contributed by atoms with Crippen molar-refractivity contribution in [3.8, 4) is 6.07 Å². The second kappa shape index (κ2) is 5.40. The lowest BCUT2D eigenvalue weighted by Crippen LogP contribution is -2.23. The molecule has 0 saturated heterocycles. The minimum absolute atomic E-state index is 0.0335. The number of aromatic nitrogens is 1. The third-order valence-corrected chi connectivity index (χ3v) is 3.94. The molecule has 0 aromatic carbocycles. The molecule has 5 heteroatoms. The quantitative estimate of drug-likeness (QED) is 0.776. The van der Waals surface area contributed by atoms with E-state index in [1.807, 2.05) is 6.07 Å². The second-order valence-electron chi connectivity index (χ2n) is 4.49. The minimum atomic E-state index is 0.0335. The molecular weight excluding hydrogens is 246 g/mol. The molecule has 0 spiro atoms. The molecule has 18 heavy (non-hydrogen) atoms. The Morgan fingerprint density at radius 1 is 1.56 bits per heavy atom. The number of carbonyl (C=O) groups is 1. The van der Waals surface area contributed by atoms with E-state index in [-0.39, 0.29) is 5.91 Å². The van der Waals surface area contributed by atoms with Crippen molar-refractivity contribution in [1.82, 2.24) is 9.88 Å². The first-order valence-electron chi connectivity index (χ1n) is 5.87. The van der Waals surface area contributed by atoms with Crippen LogP contribution in [-0.4, -0.2) is 35.6 Å². The van der Waals surface area contributed by atoms with E-state index in [1.54, 1.807) is 19.0 Å². The van der Waals surface area contributed by atoms with Gasteiger partial charge in [-0.05, 0) is 30.9 Å². The van der Waals surface area contributed by atoms with E-state index in [0.717, 1.165) is 25.0 Å². The minimum Gasteiger partial charge on any atom is -0.348 e. The summed E-state index contributed by atoms with van der Waals surface area (Å²) in [7, 11) is 3.45. The Morgan fingerprint density at radius 3 is 3.00 bits per heavy atom. The van der Waals surface area contributed by atoms with Crippen LogP contribution in [0.1, 0.15) is 23.2 Å². The second-order valence-corrected chi connectivity index (χ2v) is 5.45. The van der Waals surface area contributed by atoms with Crippen molar-refractivity contribution in [2.75, 3.05) is 19.8 Å². The van der Waals surface area contributed by atoms with Crippen LogP contribution in [-0.2, 0) is 17.6 Å². The maximum absolute atomic E-state index is 11.5. The van der Waals surface area contributed by atoms with E-state index in [1.165, 1.54) is 17.3 Å². The summed E-state index contributed by atoms with van der Waals surface area (Å²) in [6.45, 7) is 0. The first kappa shape index (κ1) is 12.9. The molecule has 0 aliphatic heterocycles. The van der Waals surface area contributed by atoms with Crippen LogP contribution < -0.4 is 0 Å². The third-order valence-electron chi connectivity index (χ3n) is 2.97. The predicted octanol–water partition coefficient (Wildman–Crippen LogP) is 1.62. The predicted molar refractivity (Wildman–Crippen MR) is 70.4 cm³/mol. The van der Waals surface area contributed by atoms with Crippen LogP contribution in [0.15, 0.2) is 11.1 Å². The van der Waals surface area contributed by atoms with Gasteiger partial charge in [0.2, 0.25) is 5.91 Å². The maximum Gasteiger partial charge on any atom is 0.232 e. The summed E-state index contributed by atoms with van der Waals surface area (Å²) in [4.78, 5) is 17.6. The van der Waals surface area contributed by atoms with Crippen LogP contribution in [0, 0.1) is 11.3 Å². The summed E-state index contributed by atoms with van der Waals surface area (Å²) >= 11 is 1.35. The summed E-state index contributed by atoms with van der Waals surface area (Å²) < 4.78 is 0. The van der Waals surface area contributed by atoms with Gasteiger partial charge < -0.3 is 4.90 Å². The molecule has 4 nitrogen and oxygen atoms in total. The molecule has 1 aromatic heterocycles. The summed E-state index contributed by atoms with van der Waals surface area (Å²) in [5.41, 5.74) is 2.87. The smallest absolute Gasteiger partial charge is 0.232 e. The monoisotopic (exact) mass is 261 g/mol. The van der Waals surface area contributed by atoms with Crippen LogP contribution in [0.25, 0.3) is 0 Å². The van der Waals surface area contributed by atoms with E-state index in [2.05, 4.69) is 11.1 Å². The zero-order valence-electron chi connectivity index (χ0n) is 10.6. The fraction of sp³-hybridized carbons (Fsp3) is 0.462. The maximum atomic E-state index is 11.5. The van der Waals surface area contributed by atoms with Gasteiger partial charge in [0.25, 0.3) is 0 Å². The Labute approximate surface area is 111 Å². The molecule has 1 aliphatic rings. The van der Waals surface area contributed by atoms with Crippen LogP contribution >= 0.6 is 11.8 Å². The number of fused-ring (bicyclic) bond motifs is 1. The Bertz CT molecular complexity index is 520. The lowest BCUT2D eigenvalue weighted by Gasteiger charge is -2.10. The van der Waals surface area contributed by atoms with Gasteiger partial charge in [0.1, 0.15) is 11.1 Å². The number of carbonyl (C=O) groups excluding carboxylic acids is 1. The van der Waals surface area contributed by atoms with Gasteiger partial charge in [-0.2, -0.15) is 5.26 Å². The highest BCUT2D eigenvalue weighted by Gasteiger charge is 2.17. The van der Waals surface area contributed by atoms with Crippen LogP contribution in [0.2, 0.25) is 0 Å². The van der Waals surface area contributed by atoms with Gasteiger partial charge in [0, 0.05) is 19.8 Å². The zero-order chi connectivity index (χ0) is 13.1. The largest absolute Gasteiger partial charge is 0.348 e. The van der Waals surface area contributed by atoms with E-state index < -0.39 is 0 Å². The number of nitrogens with zero attached hydrogens (tertiary/aromatic N) is 3. The summed E-state index contributed by atoms with van der Waals surface area (Å²) in [5, 5.41) is 9.81. The Morgan fingerprint density at radius 2 is 2.33 bits per heavy atom. The van der Waals surface area contributed by atoms with Gasteiger partial charge >= 0.3 is 0 Å². The topological polar surface area (TPSA) is 57.0 Å². The van der Waals surface area contributed by atoms with Crippen molar-refractivity contribution in [3.63, 3.8) is 0 Å². The fourth-order valence-electron chi connectivity index (χ4n) is 1.90. The molecule has 0 N–H and O–H groups in total. The number of rotatable bonds is 3. The van der Waals surface area contributed by atoms with E-state index in [4.69, 9.17) is 5.26 Å². The molecule has 1 heterocycles. The van der Waals surface area contributed by atoms with Crippen LogP contribution in [0.5, 0.6) is 0 Å². The number of thioether (sulfide) groups is 1. The van der Waals surface area contributed by atoms with Gasteiger partial charge in [-0.1, -0.05) is 11.8 Å². The Kier molecular flexibility index (Phi) is 3.87. The molecule has 2 rings (SSSR count). The number of hydrogen-bond donors (Lipinski definition) is 0. The van der Waals surface area contributed by atoms with Crippen LogP contribution in [0.4, 0.5) is 0 Å². The van der Waals surface area contributed by atoms with Crippen LogP contribution in [0.3, 0.4) is 0 Å². The van der Waals surface area contributed by atoms with Crippen molar-refractivity contribution in [3.05, 3.63) is 22.9 Å². The van der Waals surface area contributed by atoms with E-state index in [0.29, 0.717) is 16.3 Å². The van der Waals surface area contributed by atoms with Gasteiger partial charge in [-0.25, -0.2) is 4.98 Å². The first-order chi connectivity index (χ1) is 8.61. The summed E-state index contributed by atoms with van der Waals surface area (Å²) in [6, 6.07) is 4.10. The number of pyridine rings is 1. The van der Waals surface area contributed by atoms with E-state index >= 15 is 0 Å². The van der Waals surface area contributed by atoms with Crippen molar-refractivity contribution in [2.24, 2.45) is 0 Å². The van der Waals surface area contributed by atoms with Gasteiger partial charge in [0.05, 0.1) is 11.3 Å². The molecular formula is C13H15N3OS. The van der Waals surface area contributed by atoms with Crippen molar-refractivity contribution < 1.29 is 4.79 Å². The van der Waals surface area contributed by atoms with E-state index in [9.17, 15) is 4.79 Å². The molecule has 0 atom stereocenters. The lowest BCUT2D eigenvalue weighted by molar-refractivity contribution is -0.125. The highest BCUT2D eigenvalue weighted by atomic mass is 32.2. The molecule has 1 amide bonds. The first-order valence-corrected chi connectivity index (χ1v) is 6.86. The molecule has 0 saturated carbocycles. The highest BCUT2D eigenvalue weighted by Crippen LogP contribution is 2.27. The SMILES string of the molecule is CN(C)C(=O)CSc1nc2c(cc1C#N)CCC2. The van der Waals surface area contributed by atoms with Crippen molar-refractivity contribution >= 4 is 17.7 Å². The third kappa shape index (κ3) is 2.65. The van der Waals surface area contributed by atoms with Gasteiger partial charge in [-0.15, -0.1) is 0 Å². The average molecular weight is 261 g/mol. The normalized spacial score (nSPS) is 12.9. The van der Waals surface area contributed by atoms with Gasteiger partial charge in [-0.3, -0.25) is 4.79 Å². The molecule has 0 fully saturated rings. The van der Waals surface area contributed by atoms with Gasteiger partial charge in [0.15, 0.2) is 0 Å². The number of amides is 1. The standard InChI is InChI=1S/C13H15N3OS/c1-16(2)12(17)8-18-13-10(7-14)6-9-4-3-5-11(9)15-13/h6H,3-5,8H2,1-2H3. The molecule has 94 valence electrons. The molecule has 1 aromatic rings. The number of hydrogen-bond acceptors (Lipinski definition) is 4. The number of aryl methyl sites for hydroxylation is 2. The molecule has 0 unspecified atom stereocenters. The van der Waals surface area contributed by atoms with Crippen molar-refractivity contribution in [2.45, 2.75) is 24.3 Å². The molecule has 0 bridgehead atoms. The lowest BCUT2D eigenvalue weighted by atomic mass is 10.2. The Balaban J connectivity index is 2.18. The van der Waals surface area contributed by atoms with Crippen molar-refractivity contribution in [1.29, 1.82) is 5.26 Å². The summed E-state index contributed by atoms with van der Waals surface area (Å²) in [6.07, 6.45) is 3.10. The zero-order valence-corrected chi connectivity index (χ0v) is 11.4. The molecule has 0 radical (unpaired) electrons. The summed E-state index contributed by atoms with van der Waals surface area (Å²) in [5.74, 6) is 0.360. The fourth-order valence-corrected chi connectivity index (χ4v) is 2.86. The Hall–Kier alpha value is -1.54.